The van der Waals surface area contributed by atoms with Crippen molar-refractivity contribution >= 4 is 34.2 Å². The Morgan fingerprint density at radius 1 is 0.886 bits per heavy atom. The molecule has 2 aromatic carbocycles. The fraction of sp³-hybridized carbons (Fsp3) is 0.321. The van der Waals surface area contributed by atoms with Crippen LogP contribution in [0.5, 0.6) is 0 Å². The first-order chi connectivity index (χ1) is 16.5. The highest BCUT2D eigenvalue weighted by Crippen LogP contribution is 2.40. The highest BCUT2D eigenvalue weighted by molar-refractivity contribution is 7.17. The molecule has 1 N–H and O–H groups in total. The molecular formula is C28H31NO5S. The number of anilines is 1. The van der Waals surface area contributed by atoms with Gasteiger partial charge in [0.25, 0.3) is 5.91 Å². The quantitative estimate of drug-likeness (QED) is 0.391. The number of amides is 1. The van der Waals surface area contributed by atoms with E-state index in [0.29, 0.717) is 16.1 Å². The number of hydrogen-bond acceptors (Lipinski definition) is 6. The van der Waals surface area contributed by atoms with E-state index >= 15 is 0 Å². The Morgan fingerprint density at radius 2 is 1.51 bits per heavy atom. The zero-order valence-electron chi connectivity index (χ0n) is 21.0. The van der Waals surface area contributed by atoms with Crippen molar-refractivity contribution in [2.45, 2.75) is 47.0 Å². The van der Waals surface area contributed by atoms with E-state index in [0.717, 1.165) is 27.1 Å². The van der Waals surface area contributed by atoms with E-state index in [1.807, 2.05) is 50.2 Å². The fourth-order valence-corrected chi connectivity index (χ4v) is 4.66. The molecule has 0 bridgehead atoms. The molecule has 0 aliphatic rings. The number of esters is 2. The lowest BCUT2D eigenvalue weighted by atomic mass is 9.87. The zero-order valence-corrected chi connectivity index (χ0v) is 21.8. The van der Waals surface area contributed by atoms with Crippen LogP contribution in [0.25, 0.3) is 11.1 Å². The third-order valence-electron chi connectivity index (χ3n) is 5.48. The molecule has 1 amide bonds. The molecule has 6 nitrogen and oxygen atoms in total. The van der Waals surface area contributed by atoms with Gasteiger partial charge in [0.1, 0.15) is 10.6 Å². The van der Waals surface area contributed by atoms with Crippen LogP contribution in [0.1, 0.15) is 64.4 Å². The van der Waals surface area contributed by atoms with Crippen LogP contribution in [-0.4, -0.2) is 31.1 Å². The second-order valence-corrected chi connectivity index (χ2v) is 10.5. The lowest BCUT2D eigenvalue weighted by molar-refractivity contribution is -0.119. The Labute approximate surface area is 210 Å². The number of benzene rings is 2. The summed E-state index contributed by atoms with van der Waals surface area (Å²) in [5.41, 5.74) is 4.41. The van der Waals surface area contributed by atoms with Crippen molar-refractivity contribution in [3.8, 4) is 11.1 Å². The van der Waals surface area contributed by atoms with Crippen molar-refractivity contribution in [3.05, 3.63) is 75.7 Å². The first-order valence-corrected chi connectivity index (χ1v) is 12.3. The monoisotopic (exact) mass is 493 g/mol. The molecule has 0 saturated carbocycles. The number of rotatable bonds is 7. The van der Waals surface area contributed by atoms with Crippen molar-refractivity contribution in [2.75, 3.05) is 18.5 Å². The van der Waals surface area contributed by atoms with Crippen LogP contribution in [-0.2, 0) is 19.7 Å². The van der Waals surface area contributed by atoms with Crippen molar-refractivity contribution in [2.24, 2.45) is 0 Å². The molecule has 0 unspecified atom stereocenters. The molecule has 1 heterocycles. The second-order valence-electron chi connectivity index (χ2n) is 9.28. The third kappa shape index (κ3) is 6.36. The van der Waals surface area contributed by atoms with E-state index in [-0.39, 0.29) is 12.0 Å². The molecule has 7 heteroatoms. The summed E-state index contributed by atoms with van der Waals surface area (Å²) < 4.78 is 10.5. The van der Waals surface area contributed by atoms with E-state index < -0.39 is 24.5 Å². The summed E-state index contributed by atoms with van der Waals surface area (Å²) in [4.78, 5) is 38.7. The first-order valence-electron chi connectivity index (χ1n) is 11.5. The van der Waals surface area contributed by atoms with Gasteiger partial charge in [-0.1, -0.05) is 62.7 Å². The smallest absolute Gasteiger partial charge is 0.341 e. The van der Waals surface area contributed by atoms with Crippen LogP contribution in [0, 0.1) is 13.8 Å². The number of thiophene rings is 1. The molecule has 184 valence electrons. The van der Waals surface area contributed by atoms with E-state index in [4.69, 9.17) is 9.47 Å². The van der Waals surface area contributed by atoms with Gasteiger partial charge in [-0.15, -0.1) is 11.3 Å². The molecule has 35 heavy (non-hydrogen) atoms. The van der Waals surface area contributed by atoms with Gasteiger partial charge in [0.05, 0.1) is 12.2 Å². The van der Waals surface area contributed by atoms with Gasteiger partial charge >= 0.3 is 11.9 Å². The number of nitrogens with one attached hydrogen (secondary N) is 1. The summed E-state index contributed by atoms with van der Waals surface area (Å²) in [7, 11) is 0. The predicted molar refractivity (Wildman–Crippen MR) is 139 cm³/mol. The molecule has 1 aromatic heterocycles. The Hall–Kier alpha value is -3.45. The number of carbonyl (C=O) groups excluding carboxylic acids is 3. The lowest BCUT2D eigenvalue weighted by Crippen LogP contribution is -2.22. The number of ether oxygens (including phenoxy) is 2. The van der Waals surface area contributed by atoms with Gasteiger partial charge in [0, 0.05) is 10.4 Å². The largest absolute Gasteiger partial charge is 0.462 e. The number of carbonyl (C=O) groups is 3. The standard InChI is InChI=1S/C28H31NO5S/c1-7-33-27(32)24-23(19-10-8-17(2)9-11-19)18(3)35-25(24)29-22(30)16-34-26(31)20-12-14-21(15-13-20)28(4,5)6/h8-15H,7,16H2,1-6H3,(H,29,30). The fourth-order valence-electron chi connectivity index (χ4n) is 3.58. The summed E-state index contributed by atoms with van der Waals surface area (Å²) >= 11 is 1.28. The zero-order chi connectivity index (χ0) is 25.8. The number of aryl methyl sites for hydroxylation is 2. The average molecular weight is 494 g/mol. The highest BCUT2D eigenvalue weighted by atomic mass is 32.1. The molecule has 0 aliphatic heterocycles. The van der Waals surface area contributed by atoms with Crippen LogP contribution in [0.3, 0.4) is 0 Å². The van der Waals surface area contributed by atoms with Crippen molar-refractivity contribution in [3.63, 3.8) is 0 Å². The Bertz CT molecular complexity index is 1220. The normalized spacial score (nSPS) is 11.1. The van der Waals surface area contributed by atoms with Gasteiger partial charge in [-0.2, -0.15) is 0 Å². The third-order valence-corrected chi connectivity index (χ3v) is 6.50. The van der Waals surface area contributed by atoms with Crippen LogP contribution >= 0.6 is 11.3 Å². The van der Waals surface area contributed by atoms with Crippen LogP contribution in [0.15, 0.2) is 48.5 Å². The minimum absolute atomic E-state index is 0.0325. The topological polar surface area (TPSA) is 81.7 Å². The van der Waals surface area contributed by atoms with Gasteiger partial charge < -0.3 is 14.8 Å². The average Bonchev–Trinajstić information content (AvgIpc) is 3.13. The molecule has 3 rings (SSSR count). The molecule has 0 saturated heterocycles. The number of hydrogen-bond donors (Lipinski definition) is 1. The van der Waals surface area contributed by atoms with Gasteiger partial charge in [0.15, 0.2) is 6.61 Å². The van der Waals surface area contributed by atoms with Crippen molar-refractivity contribution in [1.29, 1.82) is 0 Å². The molecule has 3 aromatic rings. The Kier molecular flexibility index (Phi) is 8.12. The maximum Gasteiger partial charge on any atom is 0.341 e. The van der Waals surface area contributed by atoms with Gasteiger partial charge in [-0.05, 0) is 49.4 Å². The van der Waals surface area contributed by atoms with Gasteiger partial charge in [-0.3, -0.25) is 4.79 Å². The first kappa shape index (κ1) is 26.2. The Morgan fingerprint density at radius 3 is 2.09 bits per heavy atom. The van der Waals surface area contributed by atoms with Crippen LogP contribution in [0.2, 0.25) is 0 Å². The van der Waals surface area contributed by atoms with E-state index in [1.165, 1.54) is 11.3 Å². The summed E-state index contributed by atoms with van der Waals surface area (Å²) in [6.45, 7) is 11.6. The van der Waals surface area contributed by atoms with Crippen molar-refractivity contribution < 1.29 is 23.9 Å². The van der Waals surface area contributed by atoms with Crippen molar-refractivity contribution in [1.82, 2.24) is 0 Å². The summed E-state index contributed by atoms with van der Waals surface area (Å²) in [5, 5.41) is 3.10. The molecule has 0 spiro atoms. The van der Waals surface area contributed by atoms with Crippen LogP contribution < -0.4 is 5.32 Å². The maximum absolute atomic E-state index is 12.8. The Balaban J connectivity index is 1.76. The van der Waals surface area contributed by atoms with Crippen LogP contribution in [0.4, 0.5) is 5.00 Å². The molecular weight excluding hydrogens is 462 g/mol. The second kappa shape index (κ2) is 10.9. The highest BCUT2D eigenvalue weighted by Gasteiger charge is 2.26. The maximum atomic E-state index is 12.8. The predicted octanol–water partition coefficient (Wildman–Crippen LogP) is 6.30. The summed E-state index contributed by atoms with van der Waals surface area (Å²) in [6, 6.07) is 14.9. The summed E-state index contributed by atoms with van der Waals surface area (Å²) in [6.07, 6.45) is 0. The molecule has 0 fully saturated rings. The molecule has 0 aliphatic carbocycles. The van der Waals surface area contributed by atoms with Gasteiger partial charge in [0.2, 0.25) is 0 Å². The molecule has 0 atom stereocenters. The van der Waals surface area contributed by atoms with E-state index in [9.17, 15) is 14.4 Å². The van der Waals surface area contributed by atoms with Gasteiger partial charge in [-0.25, -0.2) is 9.59 Å². The summed E-state index contributed by atoms with van der Waals surface area (Å²) in [5.74, 6) is -1.64. The minimum Gasteiger partial charge on any atom is -0.462 e. The van der Waals surface area contributed by atoms with E-state index in [2.05, 4.69) is 26.1 Å². The minimum atomic E-state index is -0.589. The SMILES string of the molecule is CCOC(=O)c1c(NC(=O)COC(=O)c2ccc(C(C)(C)C)cc2)sc(C)c1-c1ccc(C)cc1. The lowest BCUT2D eigenvalue weighted by Gasteiger charge is -2.18. The van der Waals surface area contributed by atoms with E-state index in [1.54, 1.807) is 19.1 Å². The molecule has 0 radical (unpaired) electrons.